The first-order chi connectivity index (χ1) is 10.3. The van der Waals surface area contributed by atoms with E-state index < -0.39 is 0 Å². The first-order valence-corrected chi connectivity index (χ1v) is 7.65. The van der Waals surface area contributed by atoms with Gasteiger partial charge in [-0.15, -0.1) is 0 Å². The van der Waals surface area contributed by atoms with Crippen LogP contribution in [-0.4, -0.2) is 4.98 Å². The van der Waals surface area contributed by atoms with Gasteiger partial charge in [-0.2, -0.15) is 0 Å². The van der Waals surface area contributed by atoms with Gasteiger partial charge >= 0.3 is 0 Å². The van der Waals surface area contributed by atoms with E-state index >= 15 is 0 Å². The number of nitrogens with one attached hydrogen (secondary N) is 2. The van der Waals surface area contributed by atoms with Gasteiger partial charge in [0.05, 0.1) is 0 Å². The molecule has 2 N–H and O–H groups in total. The standard InChI is InChI=1S/C19H22N2/c1-3-15-8-10-16(11-9-15)14(2)20-12-17-13-21-19-7-5-4-6-18(17)19/h4-11,13-14,20-21H,3,12H2,1-2H3. The van der Waals surface area contributed by atoms with Crippen molar-refractivity contribution >= 4 is 10.9 Å². The third-order valence-electron chi connectivity index (χ3n) is 4.16. The van der Waals surface area contributed by atoms with Crippen LogP contribution < -0.4 is 5.32 Å². The van der Waals surface area contributed by atoms with Gasteiger partial charge in [0.2, 0.25) is 0 Å². The molecule has 0 aliphatic rings. The second-order valence-corrected chi connectivity index (χ2v) is 5.56. The van der Waals surface area contributed by atoms with Crippen LogP contribution in [0.15, 0.2) is 54.7 Å². The van der Waals surface area contributed by atoms with Crippen molar-refractivity contribution in [1.82, 2.24) is 10.3 Å². The van der Waals surface area contributed by atoms with Crippen LogP contribution >= 0.6 is 0 Å². The minimum Gasteiger partial charge on any atom is -0.361 e. The van der Waals surface area contributed by atoms with Gasteiger partial charge < -0.3 is 10.3 Å². The van der Waals surface area contributed by atoms with E-state index in [0.29, 0.717) is 6.04 Å². The van der Waals surface area contributed by atoms with Crippen LogP contribution in [0.2, 0.25) is 0 Å². The molecule has 3 aromatic rings. The van der Waals surface area contributed by atoms with E-state index in [9.17, 15) is 0 Å². The van der Waals surface area contributed by atoms with E-state index in [1.807, 2.05) is 0 Å². The molecule has 2 aromatic carbocycles. The molecule has 1 aromatic heterocycles. The van der Waals surface area contributed by atoms with E-state index in [4.69, 9.17) is 0 Å². The average Bonchev–Trinajstić information content (AvgIpc) is 2.96. The van der Waals surface area contributed by atoms with Crippen LogP contribution in [0.4, 0.5) is 0 Å². The number of para-hydroxylation sites is 1. The Morgan fingerprint density at radius 3 is 2.57 bits per heavy atom. The predicted octanol–water partition coefficient (Wildman–Crippen LogP) is 4.58. The summed E-state index contributed by atoms with van der Waals surface area (Å²) in [5.41, 5.74) is 5.26. The lowest BCUT2D eigenvalue weighted by atomic mass is 10.0. The zero-order valence-electron chi connectivity index (χ0n) is 12.7. The van der Waals surface area contributed by atoms with E-state index in [1.54, 1.807) is 0 Å². The molecule has 0 aliphatic carbocycles. The van der Waals surface area contributed by atoms with Crippen LogP contribution in [0.25, 0.3) is 10.9 Å². The first-order valence-electron chi connectivity index (χ1n) is 7.65. The maximum Gasteiger partial charge on any atom is 0.0457 e. The van der Waals surface area contributed by atoms with Crippen LogP contribution in [0.5, 0.6) is 0 Å². The molecule has 0 fully saturated rings. The highest BCUT2D eigenvalue weighted by atomic mass is 14.9. The van der Waals surface area contributed by atoms with Crippen LogP contribution in [0.3, 0.4) is 0 Å². The van der Waals surface area contributed by atoms with Gasteiger partial charge in [-0.05, 0) is 36.1 Å². The molecule has 0 aliphatic heterocycles. The van der Waals surface area contributed by atoms with E-state index in [-0.39, 0.29) is 0 Å². The maximum absolute atomic E-state index is 3.61. The van der Waals surface area contributed by atoms with Crippen molar-refractivity contribution in [3.05, 3.63) is 71.4 Å². The molecule has 1 unspecified atom stereocenters. The molecule has 21 heavy (non-hydrogen) atoms. The molecular weight excluding hydrogens is 256 g/mol. The third kappa shape index (κ3) is 3.01. The molecule has 0 spiro atoms. The molecule has 2 nitrogen and oxygen atoms in total. The lowest BCUT2D eigenvalue weighted by Crippen LogP contribution is -2.17. The van der Waals surface area contributed by atoms with E-state index in [0.717, 1.165) is 13.0 Å². The number of aromatic amines is 1. The van der Waals surface area contributed by atoms with Crippen LogP contribution in [0, 0.1) is 0 Å². The molecule has 1 atom stereocenters. The lowest BCUT2D eigenvalue weighted by Gasteiger charge is -2.14. The molecule has 3 rings (SSSR count). The van der Waals surface area contributed by atoms with Crippen LogP contribution in [0.1, 0.15) is 36.6 Å². The molecule has 2 heteroatoms. The molecule has 0 saturated carbocycles. The monoisotopic (exact) mass is 278 g/mol. The van der Waals surface area contributed by atoms with Crippen molar-refractivity contribution in [3.8, 4) is 0 Å². The summed E-state index contributed by atoms with van der Waals surface area (Å²) < 4.78 is 0. The molecule has 0 radical (unpaired) electrons. The zero-order chi connectivity index (χ0) is 14.7. The Balaban J connectivity index is 1.68. The highest BCUT2D eigenvalue weighted by molar-refractivity contribution is 5.82. The Morgan fingerprint density at radius 1 is 1.05 bits per heavy atom. The number of H-pyrrole nitrogens is 1. The fourth-order valence-corrected chi connectivity index (χ4v) is 2.70. The van der Waals surface area contributed by atoms with Crippen molar-refractivity contribution in [2.45, 2.75) is 32.9 Å². The number of fused-ring (bicyclic) bond motifs is 1. The number of benzene rings is 2. The number of rotatable bonds is 5. The molecule has 0 saturated heterocycles. The summed E-state index contributed by atoms with van der Waals surface area (Å²) in [6.45, 7) is 5.28. The van der Waals surface area contributed by atoms with Gasteiger partial charge in [0.25, 0.3) is 0 Å². The fourth-order valence-electron chi connectivity index (χ4n) is 2.70. The fraction of sp³-hybridized carbons (Fsp3) is 0.263. The largest absolute Gasteiger partial charge is 0.361 e. The second kappa shape index (κ2) is 6.15. The second-order valence-electron chi connectivity index (χ2n) is 5.56. The molecule has 0 bridgehead atoms. The average molecular weight is 278 g/mol. The SMILES string of the molecule is CCc1ccc(C(C)NCc2c[nH]c3ccccc23)cc1. The quantitative estimate of drug-likeness (QED) is 0.702. The molecule has 1 heterocycles. The number of aromatic nitrogens is 1. The van der Waals surface area contributed by atoms with Gasteiger partial charge in [0.15, 0.2) is 0 Å². The summed E-state index contributed by atoms with van der Waals surface area (Å²) in [6, 6.07) is 17.7. The minimum atomic E-state index is 0.351. The Bertz CT molecular complexity index is 710. The van der Waals surface area contributed by atoms with Crippen molar-refractivity contribution in [2.24, 2.45) is 0 Å². The smallest absolute Gasteiger partial charge is 0.0457 e. The Morgan fingerprint density at radius 2 is 1.81 bits per heavy atom. The molecule has 0 amide bonds. The Hall–Kier alpha value is -2.06. The van der Waals surface area contributed by atoms with Gasteiger partial charge in [0, 0.05) is 29.7 Å². The van der Waals surface area contributed by atoms with Gasteiger partial charge in [-0.1, -0.05) is 49.4 Å². The highest BCUT2D eigenvalue weighted by Gasteiger charge is 2.07. The predicted molar refractivity (Wildman–Crippen MR) is 89.4 cm³/mol. The van der Waals surface area contributed by atoms with Gasteiger partial charge in [-0.25, -0.2) is 0 Å². The normalized spacial score (nSPS) is 12.7. The number of hydrogen-bond acceptors (Lipinski definition) is 1. The van der Waals surface area contributed by atoms with Gasteiger partial charge in [0.1, 0.15) is 0 Å². The maximum atomic E-state index is 3.61. The van der Waals surface area contributed by atoms with Crippen molar-refractivity contribution in [2.75, 3.05) is 0 Å². The van der Waals surface area contributed by atoms with Crippen molar-refractivity contribution < 1.29 is 0 Å². The summed E-state index contributed by atoms with van der Waals surface area (Å²) in [6.07, 6.45) is 3.20. The summed E-state index contributed by atoms with van der Waals surface area (Å²) in [5.74, 6) is 0. The lowest BCUT2D eigenvalue weighted by molar-refractivity contribution is 0.576. The Kier molecular flexibility index (Phi) is 4.07. The van der Waals surface area contributed by atoms with Crippen molar-refractivity contribution in [1.29, 1.82) is 0 Å². The first kappa shape index (κ1) is 13.9. The van der Waals surface area contributed by atoms with E-state index in [2.05, 4.69) is 78.9 Å². The van der Waals surface area contributed by atoms with Crippen LogP contribution in [-0.2, 0) is 13.0 Å². The summed E-state index contributed by atoms with van der Waals surface area (Å²) in [4.78, 5) is 3.33. The van der Waals surface area contributed by atoms with E-state index in [1.165, 1.54) is 27.6 Å². The summed E-state index contributed by atoms with van der Waals surface area (Å²) >= 11 is 0. The molecular formula is C19H22N2. The number of aryl methyl sites for hydroxylation is 1. The highest BCUT2D eigenvalue weighted by Crippen LogP contribution is 2.19. The Labute approximate surface area is 126 Å². The molecule has 108 valence electrons. The topological polar surface area (TPSA) is 27.8 Å². The third-order valence-corrected chi connectivity index (χ3v) is 4.16. The number of hydrogen-bond donors (Lipinski definition) is 2. The summed E-state index contributed by atoms with van der Waals surface area (Å²) in [5, 5.41) is 4.92. The summed E-state index contributed by atoms with van der Waals surface area (Å²) in [7, 11) is 0. The van der Waals surface area contributed by atoms with Gasteiger partial charge in [-0.3, -0.25) is 0 Å². The zero-order valence-corrected chi connectivity index (χ0v) is 12.7. The minimum absolute atomic E-state index is 0.351. The van der Waals surface area contributed by atoms with Crippen molar-refractivity contribution in [3.63, 3.8) is 0 Å².